The van der Waals surface area contributed by atoms with Crippen LogP contribution in [-0.2, 0) is 0 Å². The van der Waals surface area contributed by atoms with Crippen LogP contribution in [0.1, 0.15) is 59.3 Å². The molecule has 0 N–H and O–H groups in total. The van der Waals surface area contributed by atoms with Crippen molar-refractivity contribution in [2.45, 2.75) is 103 Å². The molecule has 0 aliphatic rings. The van der Waals surface area contributed by atoms with Crippen LogP contribution in [-0.4, -0.2) is 26.5 Å². The van der Waals surface area contributed by atoms with Crippen LogP contribution in [0.15, 0.2) is 0 Å². The van der Waals surface area contributed by atoms with E-state index in [9.17, 15) is 0 Å². The molecular weight excluding hydrogens is 375 g/mol. The maximum absolute atomic E-state index is 3.69. The van der Waals surface area contributed by atoms with Gasteiger partial charge in [-0.2, -0.15) is 0 Å². The summed E-state index contributed by atoms with van der Waals surface area (Å²) in [5.41, 5.74) is 0. The van der Waals surface area contributed by atoms with Crippen molar-refractivity contribution >= 4 is 26.5 Å². The summed E-state index contributed by atoms with van der Waals surface area (Å²) in [7, 11) is -0.980. The molecule has 0 fully saturated rings. The molecule has 0 bridgehead atoms. The van der Waals surface area contributed by atoms with Crippen LogP contribution in [0.2, 0.25) is 43.4 Å². The third kappa shape index (κ3) is 11.8. The predicted molar refractivity (Wildman–Crippen MR) is 106 cm³/mol. The molecule has 0 amide bonds. The Morgan fingerprint density at radius 3 is 1.48 bits per heavy atom. The second kappa shape index (κ2) is 12.1. The van der Waals surface area contributed by atoms with E-state index in [1.807, 2.05) is 0 Å². The van der Waals surface area contributed by atoms with Gasteiger partial charge in [0, 0.05) is 0 Å². The Hall–Kier alpha value is 0.576. The van der Waals surface area contributed by atoms with Crippen LogP contribution in [0.25, 0.3) is 0 Å². The monoisotopic (exact) mass is 416 g/mol. The Kier molecular flexibility index (Phi) is 12.4. The average Bonchev–Trinajstić information content (AvgIpc) is 2.43. The Morgan fingerprint density at radius 1 is 0.714 bits per heavy atom. The van der Waals surface area contributed by atoms with Gasteiger partial charge in [0.25, 0.3) is 0 Å². The third-order valence-corrected chi connectivity index (χ3v) is 20.4. The third-order valence-electron chi connectivity index (χ3n) is 4.39. The van der Waals surface area contributed by atoms with Crippen LogP contribution in [0.3, 0.4) is 0 Å². The van der Waals surface area contributed by atoms with Gasteiger partial charge in [0.15, 0.2) is 0 Å². The van der Waals surface area contributed by atoms with Gasteiger partial charge in [-0.3, -0.25) is 0 Å². The van der Waals surface area contributed by atoms with Gasteiger partial charge in [-0.05, 0) is 0 Å². The van der Waals surface area contributed by atoms with E-state index in [1.54, 1.807) is 13.3 Å². The molecule has 0 aromatic heterocycles. The SMILES string of the molecule is CCC[CH2][Sn]([CH2]C#CC[Si](C)(C)C)([CH2]CCC)[CH2]CCC. The van der Waals surface area contributed by atoms with Crippen molar-refractivity contribution in [3.8, 4) is 11.8 Å². The number of hydrogen-bond acceptors (Lipinski definition) is 0. The van der Waals surface area contributed by atoms with Crippen molar-refractivity contribution in [2.75, 3.05) is 0 Å². The fourth-order valence-corrected chi connectivity index (χ4v) is 18.1. The van der Waals surface area contributed by atoms with E-state index >= 15 is 0 Å². The fraction of sp³-hybridized carbons (Fsp3) is 0.895. The van der Waals surface area contributed by atoms with Gasteiger partial charge >= 0.3 is 141 Å². The first kappa shape index (κ1) is 21.6. The first-order valence-electron chi connectivity index (χ1n) is 9.35. The molecule has 21 heavy (non-hydrogen) atoms. The van der Waals surface area contributed by atoms with E-state index in [1.165, 1.54) is 49.0 Å². The molecule has 0 saturated carbocycles. The van der Waals surface area contributed by atoms with Crippen molar-refractivity contribution in [2.24, 2.45) is 0 Å². The molecule has 2 heteroatoms. The molecule has 0 spiro atoms. The molecule has 0 aromatic carbocycles. The van der Waals surface area contributed by atoms with Crippen molar-refractivity contribution in [1.29, 1.82) is 0 Å². The minimum atomic E-state index is -1.95. The van der Waals surface area contributed by atoms with Crippen LogP contribution in [0.4, 0.5) is 0 Å². The van der Waals surface area contributed by atoms with Crippen molar-refractivity contribution in [1.82, 2.24) is 0 Å². The second-order valence-electron chi connectivity index (χ2n) is 8.08. The van der Waals surface area contributed by atoms with E-state index in [0.717, 1.165) is 0 Å². The summed E-state index contributed by atoms with van der Waals surface area (Å²) >= 11 is -1.95. The van der Waals surface area contributed by atoms with Gasteiger partial charge in [-0.25, -0.2) is 0 Å². The molecular formula is C19H40SiSn. The molecule has 0 aliphatic carbocycles. The summed E-state index contributed by atoms with van der Waals surface area (Å²) in [4.78, 5) is 0. The quantitative estimate of drug-likeness (QED) is 0.248. The molecule has 0 aliphatic heterocycles. The Morgan fingerprint density at radius 2 is 1.14 bits per heavy atom. The fourth-order valence-electron chi connectivity index (χ4n) is 2.87. The minimum absolute atomic E-state index is 0.980. The van der Waals surface area contributed by atoms with Gasteiger partial charge in [-0.15, -0.1) is 0 Å². The normalized spacial score (nSPS) is 12.1. The van der Waals surface area contributed by atoms with E-state index in [2.05, 4.69) is 52.3 Å². The Bertz CT molecular complexity index is 284. The summed E-state index contributed by atoms with van der Waals surface area (Å²) in [5, 5.41) is 0. The van der Waals surface area contributed by atoms with E-state index in [-0.39, 0.29) is 0 Å². The van der Waals surface area contributed by atoms with Gasteiger partial charge in [-0.1, -0.05) is 0 Å². The first-order chi connectivity index (χ1) is 9.89. The van der Waals surface area contributed by atoms with Crippen LogP contribution in [0, 0.1) is 11.8 Å². The molecule has 0 rings (SSSR count). The summed E-state index contributed by atoms with van der Waals surface area (Å²) in [6, 6.07) is 1.20. The molecule has 0 aromatic rings. The van der Waals surface area contributed by atoms with Gasteiger partial charge in [0.1, 0.15) is 0 Å². The first-order valence-corrected chi connectivity index (χ1v) is 21.1. The average molecular weight is 415 g/mol. The Balaban J connectivity index is 4.77. The molecule has 0 unspecified atom stereocenters. The maximum atomic E-state index is 3.69. The van der Waals surface area contributed by atoms with Crippen LogP contribution in [0.5, 0.6) is 0 Å². The van der Waals surface area contributed by atoms with E-state index in [0.29, 0.717) is 0 Å². The van der Waals surface area contributed by atoms with Crippen LogP contribution >= 0.6 is 0 Å². The van der Waals surface area contributed by atoms with Crippen molar-refractivity contribution in [3.63, 3.8) is 0 Å². The molecule has 0 saturated heterocycles. The van der Waals surface area contributed by atoms with Crippen LogP contribution < -0.4 is 0 Å². The predicted octanol–water partition coefficient (Wildman–Crippen LogP) is 7.18. The zero-order valence-electron chi connectivity index (χ0n) is 15.8. The van der Waals surface area contributed by atoms with E-state index < -0.39 is 26.5 Å². The molecule has 0 atom stereocenters. The molecule has 0 heterocycles. The number of rotatable bonds is 11. The molecule has 124 valence electrons. The number of hydrogen-bond donors (Lipinski definition) is 0. The molecule has 0 radical (unpaired) electrons. The summed E-state index contributed by atoms with van der Waals surface area (Å²) in [5.74, 6) is 7.26. The topological polar surface area (TPSA) is 0 Å². The van der Waals surface area contributed by atoms with Crippen molar-refractivity contribution < 1.29 is 0 Å². The summed E-state index contributed by atoms with van der Waals surface area (Å²) in [6.45, 7) is 14.4. The standard InChI is InChI=1S/C7H13Si.3C4H9.Sn/c1-5-6-7-8(2,3)4;3*1-3-4-2;/h1,7H2,2-4H3;3*1,3-4H2,2H3;. The zero-order valence-corrected chi connectivity index (χ0v) is 19.6. The zero-order chi connectivity index (χ0) is 16.2. The van der Waals surface area contributed by atoms with E-state index in [4.69, 9.17) is 0 Å². The number of unbranched alkanes of at least 4 members (excludes halogenated alkanes) is 3. The van der Waals surface area contributed by atoms with Gasteiger partial charge in [0.2, 0.25) is 0 Å². The Labute approximate surface area is 140 Å². The van der Waals surface area contributed by atoms with Crippen molar-refractivity contribution in [3.05, 3.63) is 0 Å². The van der Waals surface area contributed by atoms with Gasteiger partial charge < -0.3 is 0 Å². The summed E-state index contributed by atoms with van der Waals surface area (Å²) < 4.78 is 6.17. The second-order valence-corrected chi connectivity index (χ2v) is 27.4. The molecule has 0 nitrogen and oxygen atoms in total. The van der Waals surface area contributed by atoms with Gasteiger partial charge in [0.05, 0.1) is 0 Å². The summed E-state index contributed by atoms with van der Waals surface area (Å²) in [6.07, 6.45) is 8.54.